The summed E-state index contributed by atoms with van der Waals surface area (Å²) in [4.78, 5) is 26.6. The Morgan fingerprint density at radius 3 is 2.85 bits per heavy atom. The van der Waals surface area contributed by atoms with Gasteiger partial charge in [0.25, 0.3) is 0 Å². The lowest BCUT2D eigenvalue weighted by atomic mass is 10.2. The van der Waals surface area contributed by atoms with Crippen molar-refractivity contribution in [1.29, 1.82) is 0 Å². The number of nitrogens with one attached hydrogen (secondary N) is 1. The van der Waals surface area contributed by atoms with Crippen LogP contribution >= 0.6 is 22.9 Å². The Labute approximate surface area is 166 Å². The summed E-state index contributed by atoms with van der Waals surface area (Å²) in [7, 11) is 0. The van der Waals surface area contributed by atoms with Gasteiger partial charge < -0.3 is 10.2 Å². The number of thiophene rings is 1. The van der Waals surface area contributed by atoms with E-state index in [1.54, 1.807) is 23.7 Å². The van der Waals surface area contributed by atoms with Crippen molar-refractivity contribution in [3.63, 3.8) is 0 Å². The van der Waals surface area contributed by atoms with Crippen molar-refractivity contribution in [3.8, 4) is 0 Å². The van der Waals surface area contributed by atoms with E-state index >= 15 is 0 Å². The van der Waals surface area contributed by atoms with Crippen molar-refractivity contribution in [2.45, 2.75) is 6.92 Å². The van der Waals surface area contributed by atoms with Crippen LogP contribution in [0.5, 0.6) is 0 Å². The number of nitrogens with zero attached hydrogens (tertiary/aromatic N) is 4. The molecule has 140 valence electrons. The molecule has 0 saturated carbocycles. The van der Waals surface area contributed by atoms with Crippen LogP contribution in [0.2, 0.25) is 5.02 Å². The maximum Gasteiger partial charge on any atom is 0.238 e. The molecule has 0 unspecified atom stereocenters. The number of aryl methyl sites for hydroxylation is 1. The smallest absolute Gasteiger partial charge is 0.238 e. The molecule has 1 amide bonds. The molecular formula is C19H20ClN5OS. The summed E-state index contributed by atoms with van der Waals surface area (Å²) in [6.07, 6.45) is 1.63. The monoisotopic (exact) mass is 401 g/mol. The molecule has 3 aromatic rings. The molecule has 2 aromatic heterocycles. The molecule has 3 heterocycles. The minimum absolute atomic E-state index is 0.0175. The zero-order chi connectivity index (χ0) is 18.8. The molecule has 1 fully saturated rings. The fourth-order valence-electron chi connectivity index (χ4n) is 3.27. The van der Waals surface area contributed by atoms with E-state index in [1.807, 2.05) is 24.4 Å². The normalized spacial score (nSPS) is 15.3. The molecular weight excluding hydrogens is 382 g/mol. The molecule has 4 rings (SSSR count). The minimum Gasteiger partial charge on any atom is -0.353 e. The van der Waals surface area contributed by atoms with Gasteiger partial charge in [-0.3, -0.25) is 9.69 Å². The summed E-state index contributed by atoms with van der Waals surface area (Å²) in [5.41, 5.74) is 1.77. The van der Waals surface area contributed by atoms with Crippen LogP contribution in [-0.4, -0.2) is 53.5 Å². The minimum atomic E-state index is -0.0175. The summed E-state index contributed by atoms with van der Waals surface area (Å²) in [6, 6.07) is 7.59. The van der Waals surface area contributed by atoms with E-state index in [1.165, 1.54) is 0 Å². The predicted molar refractivity (Wildman–Crippen MR) is 111 cm³/mol. The number of benzene rings is 1. The van der Waals surface area contributed by atoms with Gasteiger partial charge in [-0.2, -0.15) is 0 Å². The van der Waals surface area contributed by atoms with E-state index in [4.69, 9.17) is 11.6 Å². The van der Waals surface area contributed by atoms with Crippen molar-refractivity contribution >= 4 is 50.6 Å². The van der Waals surface area contributed by atoms with Crippen LogP contribution in [0.15, 0.2) is 36.0 Å². The second-order valence-electron chi connectivity index (χ2n) is 6.61. The van der Waals surface area contributed by atoms with Crippen LogP contribution in [0.25, 0.3) is 10.2 Å². The van der Waals surface area contributed by atoms with Crippen molar-refractivity contribution in [2.75, 3.05) is 42.9 Å². The zero-order valence-corrected chi connectivity index (χ0v) is 16.6. The van der Waals surface area contributed by atoms with E-state index in [2.05, 4.69) is 31.2 Å². The van der Waals surface area contributed by atoms with Crippen LogP contribution in [0.3, 0.4) is 0 Å². The lowest BCUT2D eigenvalue weighted by Crippen LogP contribution is -2.49. The van der Waals surface area contributed by atoms with E-state index in [9.17, 15) is 4.79 Å². The Morgan fingerprint density at radius 2 is 2.04 bits per heavy atom. The number of piperazine rings is 1. The molecule has 0 atom stereocenters. The lowest BCUT2D eigenvalue weighted by Gasteiger charge is -2.35. The zero-order valence-electron chi connectivity index (χ0n) is 15.0. The second-order valence-corrected chi connectivity index (χ2v) is 7.94. The maximum absolute atomic E-state index is 12.4. The van der Waals surface area contributed by atoms with Gasteiger partial charge in [-0.1, -0.05) is 17.7 Å². The number of fused-ring (bicyclic) bond motifs is 1. The van der Waals surface area contributed by atoms with Gasteiger partial charge in [-0.15, -0.1) is 11.3 Å². The highest BCUT2D eigenvalue weighted by atomic mass is 35.5. The third kappa shape index (κ3) is 4.05. The number of halogens is 1. The van der Waals surface area contributed by atoms with E-state index < -0.39 is 0 Å². The Balaban J connectivity index is 1.35. The van der Waals surface area contributed by atoms with Crippen molar-refractivity contribution in [2.24, 2.45) is 0 Å². The molecule has 0 aliphatic carbocycles. The van der Waals surface area contributed by atoms with Gasteiger partial charge in [0.2, 0.25) is 5.91 Å². The van der Waals surface area contributed by atoms with Gasteiger partial charge in [-0.25, -0.2) is 9.97 Å². The molecule has 0 spiro atoms. The summed E-state index contributed by atoms with van der Waals surface area (Å²) in [5, 5.41) is 6.73. The van der Waals surface area contributed by atoms with Crippen LogP contribution < -0.4 is 10.2 Å². The third-order valence-corrected chi connectivity index (χ3v) is 5.81. The van der Waals surface area contributed by atoms with Gasteiger partial charge in [0.1, 0.15) is 17.0 Å². The summed E-state index contributed by atoms with van der Waals surface area (Å²) >= 11 is 7.65. The number of amides is 1. The number of aromatic nitrogens is 2. The van der Waals surface area contributed by atoms with Gasteiger partial charge >= 0.3 is 0 Å². The number of anilines is 2. The van der Waals surface area contributed by atoms with E-state index in [0.29, 0.717) is 11.6 Å². The second kappa shape index (κ2) is 7.80. The van der Waals surface area contributed by atoms with Crippen LogP contribution in [0.1, 0.15) is 5.56 Å². The number of carbonyl (C=O) groups is 1. The number of carbonyl (C=O) groups excluding carboxylic acids is 1. The fraction of sp³-hybridized carbons (Fsp3) is 0.316. The summed E-state index contributed by atoms with van der Waals surface area (Å²) < 4.78 is 0. The highest BCUT2D eigenvalue weighted by molar-refractivity contribution is 7.16. The van der Waals surface area contributed by atoms with Gasteiger partial charge in [0.05, 0.1) is 11.9 Å². The van der Waals surface area contributed by atoms with Crippen molar-refractivity contribution < 1.29 is 4.79 Å². The highest BCUT2D eigenvalue weighted by Gasteiger charge is 2.21. The van der Waals surface area contributed by atoms with Crippen molar-refractivity contribution in [3.05, 3.63) is 46.6 Å². The molecule has 27 heavy (non-hydrogen) atoms. The first-order chi connectivity index (χ1) is 13.1. The average molecular weight is 402 g/mol. The molecule has 1 aliphatic heterocycles. The molecule has 1 aliphatic rings. The lowest BCUT2D eigenvalue weighted by molar-refractivity contribution is -0.117. The van der Waals surface area contributed by atoms with Gasteiger partial charge in [-0.05, 0) is 36.1 Å². The van der Waals surface area contributed by atoms with E-state index in [-0.39, 0.29) is 5.91 Å². The number of hydrogen-bond donors (Lipinski definition) is 1. The first-order valence-electron chi connectivity index (χ1n) is 8.81. The standard InChI is InChI=1S/C19H20ClN5OS/c1-13-2-3-14(20)10-16(13)23-17(26)11-24-5-7-25(8-6-24)18-15-4-9-27-19(15)22-12-21-18/h2-4,9-10,12H,5-8,11H2,1H3,(H,23,26). The quantitative estimate of drug-likeness (QED) is 0.725. The van der Waals surface area contributed by atoms with Gasteiger partial charge in [0, 0.05) is 36.9 Å². The number of hydrogen-bond acceptors (Lipinski definition) is 6. The third-order valence-electron chi connectivity index (χ3n) is 4.75. The molecule has 0 bridgehead atoms. The Hall–Kier alpha value is -2.22. The molecule has 1 aromatic carbocycles. The van der Waals surface area contributed by atoms with Crippen molar-refractivity contribution in [1.82, 2.24) is 14.9 Å². The Morgan fingerprint density at radius 1 is 1.22 bits per heavy atom. The molecule has 1 N–H and O–H groups in total. The Bertz CT molecular complexity index is 968. The first kappa shape index (κ1) is 18.2. The molecule has 6 nitrogen and oxygen atoms in total. The highest BCUT2D eigenvalue weighted by Crippen LogP contribution is 2.27. The van der Waals surface area contributed by atoms with E-state index in [0.717, 1.165) is 53.5 Å². The predicted octanol–water partition coefficient (Wildman–Crippen LogP) is 3.41. The van der Waals surface area contributed by atoms with Gasteiger partial charge in [0.15, 0.2) is 0 Å². The fourth-order valence-corrected chi connectivity index (χ4v) is 4.17. The van der Waals surface area contributed by atoms with Crippen LogP contribution in [-0.2, 0) is 4.79 Å². The first-order valence-corrected chi connectivity index (χ1v) is 10.1. The topological polar surface area (TPSA) is 61.4 Å². The summed E-state index contributed by atoms with van der Waals surface area (Å²) in [6.45, 7) is 5.64. The summed E-state index contributed by atoms with van der Waals surface area (Å²) in [5.74, 6) is 0.969. The SMILES string of the molecule is Cc1ccc(Cl)cc1NC(=O)CN1CCN(c2ncnc3sccc23)CC1. The largest absolute Gasteiger partial charge is 0.353 e. The number of rotatable bonds is 4. The average Bonchev–Trinajstić information content (AvgIpc) is 3.14. The molecule has 1 saturated heterocycles. The van der Waals surface area contributed by atoms with Crippen LogP contribution in [0, 0.1) is 6.92 Å². The molecule has 0 radical (unpaired) electrons. The molecule has 8 heteroatoms. The van der Waals surface area contributed by atoms with Crippen LogP contribution in [0.4, 0.5) is 11.5 Å². The maximum atomic E-state index is 12.4. The Kier molecular flexibility index (Phi) is 5.24.